The van der Waals surface area contributed by atoms with Gasteiger partial charge in [0.15, 0.2) is 0 Å². The minimum Gasteiger partial charge on any atom is -0.342 e. The Kier molecular flexibility index (Phi) is 4.19. The summed E-state index contributed by atoms with van der Waals surface area (Å²) >= 11 is 0. The van der Waals surface area contributed by atoms with Crippen LogP contribution in [0.25, 0.3) is 11.0 Å². The number of carbonyl (C=O) groups excluding carboxylic acids is 2. The van der Waals surface area contributed by atoms with Crippen molar-refractivity contribution in [1.82, 2.24) is 19.8 Å². The number of nitrogens with zero attached hydrogens (tertiary/aromatic N) is 3. The van der Waals surface area contributed by atoms with Crippen LogP contribution in [-0.2, 0) is 9.59 Å². The van der Waals surface area contributed by atoms with Crippen LogP contribution in [0.4, 0.5) is 0 Å². The summed E-state index contributed by atoms with van der Waals surface area (Å²) in [5.74, 6) is 1.18. The third-order valence-electron chi connectivity index (χ3n) is 5.31. The third-order valence-corrected chi connectivity index (χ3v) is 5.31. The molecule has 6 heteroatoms. The van der Waals surface area contributed by atoms with Gasteiger partial charge in [-0.25, -0.2) is 4.98 Å². The van der Waals surface area contributed by atoms with Crippen LogP contribution in [0.3, 0.4) is 0 Å². The van der Waals surface area contributed by atoms with Crippen molar-refractivity contribution in [3.05, 3.63) is 29.6 Å². The van der Waals surface area contributed by atoms with E-state index in [0.717, 1.165) is 49.2 Å². The van der Waals surface area contributed by atoms with Gasteiger partial charge in [0.2, 0.25) is 11.8 Å². The van der Waals surface area contributed by atoms with Gasteiger partial charge in [0.1, 0.15) is 5.82 Å². The zero-order chi connectivity index (χ0) is 17.4. The maximum atomic E-state index is 12.7. The van der Waals surface area contributed by atoms with Gasteiger partial charge in [0, 0.05) is 32.5 Å². The van der Waals surface area contributed by atoms with Gasteiger partial charge in [0.25, 0.3) is 0 Å². The Morgan fingerprint density at radius 3 is 3.00 bits per heavy atom. The number of likely N-dealkylation sites (tertiary alicyclic amines) is 2. The Bertz CT molecular complexity index is 813. The van der Waals surface area contributed by atoms with Crippen molar-refractivity contribution in [2.75, 3.05) is 19.6 Å². The Labute approximate surface area is 147 Å². The third kappa shape index (κ3) is 3.13. The first kappa shape index (κ1) is 16.1. The molecule has 0 bridgehead atoms. The lowest BCUT2D eigenvalue weighted by Crippen LogP contribution is -2.35. The van der Waals surface area contributed by atoms with E-state index in [1.54, 1.807) is 0 Å². The van der Waals surface area contributed by atoms with Crippen molar-refractivity contribution in [3.8, 4) is 0 Å². The normalized spacial score (nSPS) is 20.8. The van der Waals surface area contributed by atoms with Crippen LogP contribution in [0, 0.1) is 6.92 Å². The fourth-order valence-electron chi connectivity index (χ4n) is 3.97. The standard InChI is InChI=1S/C19H24N4O2/c1-13-6-7-14-15(12-13)21-19(20-14)16-4-2-10-23(16)18(25)8-11-22-9-3-5-17(22)24/h6-7,12,16H,2-5,8-11H2,1H3,(H,20,21)/t16-/m0/s1. The number of hydrogen-bond donors (Lipinski definition) is 1. The second-order valence-corrected chi connectivity index (χ2v) is 7.12. The van der Waals surface area contributed by atoms with Crippen LogP contribution in [0.2, 0.25) is 0 Å². The fourth-order valence-corrected chi connectivity index (χ4v) is 3.97. The number of H-pyrrole nitrogens is 1. The molecule has 2 aromatic rings. The minimum atomic E-state index is 0.0227. The molecule has 25 heavy (non-hydrogen) atoms. The van der Waals surface area contributed by atoms with Crippen molar-refractivity contribution in [2.24, 2.45) is 0 Å². The molecule has 0 aliphatic carbocycles. The Hall–Kier alpha value is -2.37. The molecule has 3 heterocycles. The van der Waals surface area contributed by atoms with Gasteiger partial charge in [-0.3, -0.25) is 9.59 Å². The Morgan fingerprint density at radius 1 is 1.32 bits per heavy atom. The topological polar surface area (TPSA) is 69.3 Å². The van der Waals surface area contributed by atoms with E-state index >= 15 is 0 Å². The number of aryl methyl sites for hydroxylation is 1. The van der Waals surface area contributed by atoms with Crippen LogP contribution in [-0.4, -0.2) is 51.2 Å². The van der Waals surface area contributed by atoms with E-state index < -0.39 is 0 Å². The molecule has 1 aromatic carbocycles. The molecular weight excluding hydrogens is 316 g/mol. The molecule has 1 aromatic heterocycles. The maximum absolute atomic E-state index is 12.7. The average molecular weight is 340 g/mol. The lowest BCUT2D eigenvalue weighted by atomic mass is 10.2. The van der Waals surface area contributed by atoms with E-state index in [1.807, 2.05) is 15.9 Å². The number of aromatic amines is 1. The van der Waals surface area contributed by atoms with Crippen molar-refractivity contribution in [2.45, 2.75) is 45.1 Å². The van der Waals surface area contributed by atoms with Gasteiger partial charge in [-0.15, -0.1) is 0 Å². The summed E-state index contributed by atoms with van der Waals surface area (Å²) in [5, 5.41) is 0. The van der Waals surface area contributed by atoms with E-state index in [0.29, 0.717) is 19.4 Å². The summed E-state index contributed by atoms with van der Waals surface area (Å²) in [4.78, 5) is 36.3. The highest BCUT2D eigenvalue weighted by molar-refractivity contribution is 5.81. The molecule has 0 saturated carbocycles. The number of hydrogen-bond acceptors (Lipinski definition) is 3. The summed E-state index contributed by atoms with van der Waals surface area (Å²) in [6, 6.07) is 6.18. The van der Waals surface area contributed by atoms with Crippen LogP contribution in [0.1, 0.15) is 49.5 Å². The predicted molar refractivity (Wildman–Crippen MR) is 94.9 cm³/mol. The summed E-state index contributed by atoms with van der Waals surface area (Å²) in [6.45, 7) is 4.16. The van der Waals surface area contributed by atoms with E-state index in [4.69, 9.17) is 4.98 Å². The second-order valence-electron chi connectivity index (χ2n) is 7.12. The number of imidazole rings is 1. The molecular formula is C19H24N4O2. The Balaban J connectivity index is 1.47. The highest BCUT2D eigenvalue weighted by Gasteiger charge is 2.32. The van der Waals surface area contributed by atoms with Crippen LogP contribution >= 0.6 is 0 Å². The molecule has 1 N–H and O–H groups in total. The van der Waals surface area contributed by atoms with E-state index in [1.165, 1.54) is 5.56 Å². The molecule has 4 rings (SSSR count). The van der Waals surface area contributed by atoms with Crippen molar-refractivity contribution >= 4 is 22.8 Å². The minimum absolute atomic E-state index is 0.0227. The zero-order valence-electron chi connectivity index (χ0n) is 14.6. The number of nitrogens with one attached hydrogen (secondary N) is 1. The highest BCUT2D eigenvalue weighted by atomic mass is 16.2. The van der Waals surface area contributed by atoms with Crippen LogP contribution < -0.4 is 0 Å². The first-order chi connectivity index (χ1) is 12.1. The molecule has 6 nitrogen and oxygen atoms in total. The monoisotopic (exact) mass is 340 g/mol. The highest BCUT2D eigenvalue weighted by Crippen LogP contribution is 2.32. The second kappa shape index (κ2) is 6.50. The molecule has 132 valence electrons. The summed E-state index contributed by atoms with van der Waals surface area (Å²) in [7, 11) is 0. The maximum Gasteiger partial charge on any atom is 0.224 e. The number of aromatic nitrogens is 2. The van der Waals surface area contributed by atoms with Gasteiger partial charge in [-0.2, -0.15) is 0 Å². The van der Waals surface area contributed by atoms with Crippen molar-refractivity contribution < 1.29 is 9.59 Å². The quantitative estimate of drug-likeness (QED) is 0.930. The van der Waals surface area contributed by atoms with E-state index in [2.05, 4.69) is 24.0 Å². The molecule has 2 fully saturated rings. The molecule has 0 unspecified atom stereocenters. The molecule has 2 saturated heterocycles. The summed E-state index contributed by atoms with van der Waals surface area (Å²) in [5.41, 5.74) is 3.16. The predicted octanol–water partition coefficient (Wildman–Crippen LogP) is 2.55. The smallest absolute Gasteiger partial charge is 0.224 e. The molecule has 0 spiro atoms. The summed E-state index contributed by atoms with van der Waals surface area (Å²) < 4.78 is 0. The van der Waals surface area contributed by atoms with Crippen molar-refractivity contribution in [1.29, 1.82) is 0 Å². The fraction of sp³-hybridized carbons (Fsp3) is 0.526. The summed E-state index contributed by atoms with van der Waals surface area (Å²) in [6.07, 6.45) is 3.88. The first-order valence-corrected chi connectivity index (χ1v) is 9.15. The molecule has 1 atom stereocenters. The molecule has 2 aliphatic heterocycles. The van der Waals surface area contributed by atoms with Crippen LogP contribution in [0.15, 0.2) is 18.2 Å². The van der Waals surface area contributed by atoms with Crippen LogP contribution in [0.5, 0.6) is 0 Å². The molecule has 2 amide bonds. The average Bonchev–Trinajstić information content (AvgIpc) is 3.30. The van der Waals surface area contributed by atoms with Gasteiger partial charge in [-0.1, -0.05) is 6.07 Å². The van der Waals surface area contributed by atoms with Crippen molar-refractivity contribution in [3.63, 3.8) is 0 Å². The Morgan fingerprint density at radius 2 is 2.20 bits per heavy atom. The largest absolute Gasteiger partial charge is 0.342 e. The van der Waals surface area contributed by atoms with E-state index in [-0.39, 0.29) is 17.9 Å². The van der Waals surface area contributed by atoms with E-state index in [9.17, 15) is 9.59 Å². The lowest BCUT2D eigenvalue weighted by Gasteiger charge is -2.24. The van der Waals surface area contributed by atoms with Gasteiger partial charge in [-0.05, 0) is 43.9 Å². The number of carbonyl (C=O) groups is 2. The van der Waals surface area contributed by atoms with Gasteiger partial charge in [0.05, 0.1) is 17.1 Å². The lowest BCUT2D eigenvalue weighted by molar-refractivity contribution is -0.133. The molecule has 0 radical (unpaired) electrons. The molecule has 2 aliphatic rings. The number of rotatable bonds is 4. The van der Waals surface area contributed by atoms with Gasteiger partial charge >= 0.3 is 0 Å². The zero-order valence-corrected chi connectivity index (χ0v) is 14.6. The SMILES string of the molecule is Cc1ccc2nc([C@@H]3CCCN3C(=O)CCN3CCCC3=O)[nH]c2c1. The number of benzene rings is 1. The number of fused-ring (bicyclic) bond motifs is 1. The number of amides is 2. The van der Waals surface area contributed by atoms with Gasteiger partial charge < -0.3 is 14.8 Å². The first-order valence-electron chi connectivity index (χ1n) is 9.15.